The second-order valence-corrected chi connectivity index (χ2v) is 5.56. The fourth-order valence-electron chi connectivity index (χ4n) is 2.04. The summed E-state index contributed by atoms with van der Waals surface area (Å²) >= 11 is 0. The Morgan fingerprint density at radius 2 is 1.86 bits per heavy atom. The molecule has 7 heteroatoms. The summed E-state index contributed by atoms with van der Waals surface area (Å²) in [6.07, 6.45) is 6.52. The van der Waals surface area contributed by atoms with Gasteiger partial charge in [-0.1, -0.05) is 6.07 Å². The molecule has 0 amide bonds. The lowest BCUT2D eigenvalue weighted by molar-refractivity contribution is 0.0582. The average molecular weight is 296 g/mol. The maximum Gasteiger partial charge on any atom is 0.178 e. The minimum absolute atomic E-state index is 0.338. The maximum atomic E-state index is 9.93. The maximum absolute atomic E-state index is 9.93. The molecule has 112 valence electrons. The van der Waals surface area contributed by atoms with E-state index in [9.17, 15) is 5.11 Å². The molecule has 7 nitrogen and oxygen atoms in total. The van der Waals surface area contributed by atoms with Gasteiger partial charge in [0.25, 0.3) is 0 Å². The average Bonchev–Trinajstić information content (AvgIpc) is 2.94. The van der Waals surface area contributed by atoms with E-state index in [2.05, 4.69) is 25.0 Å². The third-order valence-corrected chi connectivity index (χ3v) is 2.96. The van der Waals surface area contributed by atoms with Gasteiger partial charge in [-0.2, -0.15) is 5.10 Å². The lowest BCUT2D eigenvalue weighted by Gasteiger charge is -2.17. The molecule has 0 aliphatic heterocycles. The summed E-state index contributed by atoms with van der Waals surface area (Å²) in [6, 6.07) is 5.59. The van der Waals surface area contributed by atoms with Gasteiger partial charge in [0.15, 0.2) is 11.6 Å². The highest BCUT2D eigenvalue weighted by atomic mass is 16.3. The number of aliphatic hydroxyl groups is 1. The fraction of sp³-hybridized carbons (Fsp3) is 0.267. The van der Waals surface area contributed by atoms with Crippen molar-refractivity contribution in [2.24, 2.45) is 0 Å². The van der Waals surface area contributed by atoms with E-state index in [4.69, 9.17) is 0 Å². The first-order valence-corrected chi connectivity index (χ1v) is 6.87. The first-order valence-electron chi connectivity index (χ1n) is 6.87. The van der Waals surface area contributed by atoms with Gasteiger partial charge in [-0.15, -0.1) is 0 Å². The standard InChI is InChI=1S/C15H16N6O/c1-15(2,22)9-21-14(19-10-20-21)11-7-17-13(18-8-11)12-5-3-4-6-16-12/h3-8,10,22H,9H2,1-2H3. The van der Waals surface area contributed by atoms with Crippen LogP contribution in [0.3, 0.4) is 0 Å². The number of rotatable bonds is 4. The van der Waals surface area contributed by atoms with Crippen LogP contribution in [0.25, 0.3) is 22.9 Å². The van der Waals surface area contributed by atoms with E-state index in [1.807, 2.05) is 18.2 Å². The van der Waals surface area contributed by atoms with Crippen molar-refractivity contribution in [2.45, 2.75) is 26.0 Å². The van der Waals surface area contributed by atoms with E-state index in [1.54, 1.807) is 37.1 Å². The first-order chi connectivity index (χ1) is 10.5. The van der Waals surface area contributed by atoms with Crippen LogP contribution in [0.2, 0.25) is 0 Å². The molecule has 0 bridgehead atoms. The number of nitrogens with zero attached hydrogens (tertiary/aromatic N) is 6. The van der Waals surface area contributed by atoms with Crippen molar-refractivity contribution in [3.05, 3.63) is 43.1 Å². The van der Waals surface area contributed by atoms with Crippen LogP contribution in [0, 0.1) is 0 Å². The number of pyridine rings is 1. The molecule has 3 rings (SSSR count). The minimum Gasteiger partial charge on any atom is -0.389 e. The topological polar surface area (TPSA) is 89.6 Å². The van der Waals surface area contributed by atoms with Crippen LogP contribution >= 0.6 is 0 Å². The Kier molecular flexibility index (Phi) is 3.64. The van der Waals surface area contributed by atoms with Gasteiger partial charge in [0.1, 0.15) is 12.0 Å². The summed E-state index contributed by atoms with van der Waals surface area (Å²) in [6.45, 7) is 3.78. The molecule has 3 aromatic rings. The van der Waals surface area contributed by atoms with Crippen LogP contribution in [0.1, 0.15) is 13.8 Å². The monoisotopic (exact) mass is 296 g/mol. The molecule has 0 atom stereocenters. The van der Waals surface area contributed by atoms with Crippen molar-refractivity contribution in [1.29, 1.82) is 0 Å². The normalized spacial score (nSPS) is 11.6. The first kappa shape index (κ1) is 14.3. The van der Waals surface area contributed by atoms with Gasteiger partial charge in [-0.05, 0) is 26.0 Å². The quantitative estimate of drug-likeness (QED) is 0.786. The van der Waals surface area contributed by atoms with Gasteiger partial charge in [0, 0.05) is 18.6 Å². The summed E-state index contributed by atoms with van der Waals surface area (Å²) in [5, 5.41) is 14.1. The van der Waals surface area contributed by atoms with Crippen LogP contribution in [0.15, 0.2) is 43.1 Å². The van der Waals surface area contributed by atoms with Gasteiger partial charge in [0.05, 0.1) is 17.7 Å². The third-order valence-electron chi connectivity index (χ3n) is 2.96. The Morgan fingerprint density at radius 1 is 1.09 bits per heavy atom. The molecule has 0 aliphatic rings. The number of hydrogen-bond acceptors (Lipinski definition) is 6. The van der Waals surface area contributed by atoms with Crippen LogP contribution in [0.4, 0.5) is 0 Å². The van der Waals surface area contributed by atoms with Gasteiger partial charge in [-0.25, -0.2) is 19.6 Å². The molecule has 0 aliphatic carbocycles. The van der Waals surface area contributed by atoms with Crippen molar-refractivity contribution in [2.75, 3.05) is 0 Å². The molecule has 3 heterocycles. The van der Waals surface area contributed by atoms with E-state index in [1.165, 1.54) is 6.33 Å². The van der Waals surface area contributed by atoms with Gasteiger partial charge in [0.2, 0.25) is 0 Å². The molecule has 0 fully saturated rings. The van der Waals surface area contributed by atoms with Crippen LogP contribution in [0.5, 0.6) is 0 Å². The summed E-state index contributed by atoms with van der Waals surface area (Å²) in [5.74, 6) is 1.17. The van der Waals surface area contributed by atoms with Crippen molar-refractivity contribution < 1.29 is 5.11 Å². The van der Waals surface area contributed by atoms with Crippen molar-refractivity contribution in [3.8, 4) is 22.9 Å². The van der Waals surface area contributed by atoms with E-state index in [-0.39, 0.29) is 0 Å². The second kappa shape index (κ2) is 5.61. The van der Waals surface area contributed by atoms with Crippen LogP contribution in [-0.4, -0.2) is 40.4 Å². The highest BCUT2D eigenvalue weighted by Gasteiger charge is 2.18. The number of aromatic nitrogens is 6. The Morgan fingerprint density at radius 3 is 2.50 bits per heavy atom. The SMILES string of the molecule is CC(C)(O)Cn1ncnc1-c1cnc(-c2ccccn2)nc1. The molecule has 0 aromatic carbocycles. The predicted octanol–water partition coefficient (Wildman–Crippen LogP) is 1.57. The van der Waals surface area contributed by atoms with E-state index < -0.39 is 5.60 Å². The minimum atomic E-state index is -0.878. The van der Waals surface area contributed by atoms with Crippen molar-refractivity contribution in [1.82, 2.24) is 29.7 Å². The molecule has 0 saturated carbocycles. The molecular weight excluding hydrogens is 280 g/mol. The molecule has 0 spiro atoms. The predicted molar refractivity (Wildman–Crippen MR) is 80.6 cm³/mol. The third kappa shape index (κ3) is 3.15. The molecule has 0 unspecified atom stereocenters. The molecule has 0 radical (unpaired) electrons. The van der Waals surface area contributed by atoms with Gasteiger partial charge >= 0.3 is 0 Å². The van der Waals surface area contributed by atoms with E-state index in [0.29, 0.717) is 23.9 Å². The van der Waals surface area contributed by atoms with E-state index in [0.717, 1.165) is 5.56 Å². The zero-order chi connectivity index (χ0) is 15.6. The Labute approximate surface area is 127 Å². The lowest BCUT2D eigenvalue weighted by Crippen LogP contribution is -2.27. The molecular formula is C15H16N6O. The fourth-order valence-corrected chi connectivity index (χ4v) is 2.04. The summed E-state index contributed by atoms with van der Waals surface area (Å²) < 4.78 is 1.64. The highest BCUT2D eigenvalue weighted by molar-refractivity contribution is 5.55. The van der Waals surface area contributed by atoms with Gasteiger partial charge in [-0.3, -0.25) is 4.98 Å². The van der Waals surface area contributed by atoms with Crippen molar-refractivity contribution in [3.63, 3.8) is 0 Å². The van der Waals surface area contributed by atoms with Crippen LogP contribution in [-0.2, 0) is 6.54 Å². The summed E-state index contributed by atoms with van der Waals surface area (Å²) in [7, 11) is 0. The molecule has 1 N–H and O–H groups in total. The lowest BCUT2D eigenvalue weighted by atomic mass is 10.1. The smallest absolute Gasteiger partial charge is 0.178 e. The van der Waals surface area contributed by atoms with Crippen molar-refractivity contribution >= 4 is 0 Å². The largest absolute Gasteiger partial charge is 0.389 e. The summed E-state index contributed by atoms with van der Waals surface area (Å²) in [4.78, 5) is 17.1. The Balaban J connectivity index is 1.90. The van der Waals surface area contributed by atoms with E-state index >= 15 is 0 Å². The molecule has 22 heavy (non-hydrogen) atoms. The van der Waals surface area contributed by atoms with Crippen LogP contribution < -0.4 is 0 Å². The highest BCUT2D eigenvalue weighted by Crippen LogP contribution is 2.18. The molecule has 0 saturated heterocycles. The van der Waals surface area contributed by atoms with Gasteiger partial charge < -0.3 is 5.11 Å². The zero-order valence-corrected chi connectivity index (χ0v) is 12.4. The number of hydrogen-bond donors (Lipinski definition) is 1. The zero-order valence-electron chi connectivity index (χ0n) is 12.4. The second-order valence-electron chi connectivity index (χ2n) is 5.56. The summed E-state index contributed by atoms with van der Waals surface area (Å²) in [5.41, 5.74) is 0.574. The Hall–Kier alpha value is -2.67. The Bertz CT molecular complexity index is 746. The molecule has 3 aromatic heterocycles.